The van der Waals surface area contributed by atoms with Gasteiger partial charge >= 0.3 is 5.97 Å². The third-order valence-corrected chi connectivity index (χ3v) is 3.01. The molecule has 0 fully saturated rings. The minimum absolute atomic E-state index is 0.197. The number of para-hydroxylation sites is 1. The van der Waals surface area contributed by atoms with Crippen LogP contribution in [0.1, 0.15) is 12.5 Å². The molecule has 1 N–H and O–H groups in total. The van der Waals surface area contributed by atoms with Crippen LogP contribution < -0.4 is 14.9 Å². The van der Waals surface area contributed by atoms with Gasteiger partial charge in [-0.25, -0.2) is 0 Å². The highest BCUT2D eigenvalue weighted by atomic mass is 16.6. The molecule has 0 saturated carbocycles. The van der Waals surface area contributed by atoms with Crippen LogP contribution in [0.4, 0.5) is 5.69 Å². The first-order valence-corrected chi connectivity index (χ1v) is 7.47. The smallest absolute Gasteiger partial charge is 0.302 e. The standard InChI is InChI=1S/C18H20N2O4/c1-14(21)23-10-11-24-17-9-8-15(12-18(17)22-2)13-19-20-16-6-4-3-5-7-16/h3-9,12-13,20H,10-11H2,1-2H3. The van der Waals surface area contributed by atoms with E-state index >= 15 is 0 Å². The SMILES string of the molecule is COc1cc(C=NNc2ccccc2)ccc1OCCOC(C)=O. The van der Waals surface area contributed by atoms with Gasteiger partial charge in [-0.2, -0.15) is 5.10 Å². The first-order chi connectivity index (χ1) is 11.7. The normalized spacial score (nSPS) is 10.4. The number of nitrogens with one attached hydrogen (secondary N) is 1. The Kier molecular flexibility index (Phi) is 6.64. The summed E-state index contributed by atoms with van der Waals surface area (Å²) < 4.78 is 15.7. The van der Waals surface area contributed by atoms with Gasteiger partial charge in [0.2, 0.25) is 0 Å². The van der Waals surface area contributed by atoms with Crippen LogP contribution in [0.25, 0.3) is 0 Å². The molecule has 2 aromatic rings. The number of carbonyl (C=O) groups excluding carboxylic acids is 1. The van der Waals surface area contributed by atoms with Crippen LogP contribution in [0.2, 0.25) is 0 Å². The van der Waals surface area contributed by atoms with E-state index in [4.69, 9.17) is 14.2 Å². The molecule has 0 unspecified atom stereocenters. The summed E-state index contributed by atoms with van der Waals surface area (Å²) in [5.41, 5.74) is 4.72. The second-order valence-electron chi connectivity index (χ2n) is 4.83. The summed E-state index contributed by atoms with van der Waals surface area (Å²) in [6.07, 6.45) is 1.69. The number of hydrogen-bond donors (Lipinski definition) is 1. The molecule has 0 aliphatic carbocycles. The fourth-order valence-corrected chi connectivity index (χ4v) is 1.91. The van der Waals surface area contributed by atoms with E-state index in [1.807, 2.05) is 42.5 Å². The number of rotatable bonds is 8. The Hall–Kier alpha value is -3.02. The van der Waals surface area contributed by atoms with Gasteiger partial charge in [0, 0.05) is 6.92 Å². The molecule has 0 bridgehead atoms. The molecule has 0 spiro atoms. The van der Waals surface area contributed by atoms with Gasteiger partial charge in [0.1, 0.15) is 13.2 Å². The molecule has 0 atom stereocenters. The quantitative estimate of drug-likeness (QED) is 0.349. The first-order valence-electron chi connectivity index (χ1n) is 7.47. The highest BCUT2D eigenvalue weighted by Gasteiger charge is 2.05. The number of nitrogens with zero attached hydrogens (tertiary/aromatic N) is 1. The Balaban J connectivity index is 1.93. The fourth-order valence-electron chi connectivity index (χ4n) is 1.91. The van der Waals surface area contributed by atoms with E-state index in [2.05, 4.69) is 10.5 Å². The highest BCUT2D eigenvalue weighted by molar-refractivity contribution is 5.81. The average molecular weight is 328 g/mol. The zero-order valence-corrected chi connectivity index (χ0v) is 13.7. The molecule has 6 nitrogen and oxygen atoms in total. The van der Waals surface area contributed by atoms with Gasteiger partial charge in [-0.05, 0) is 35.9 Å². The maximum atomic E-state index is 10.7. The topological polar surface area (TPSA) is 69.2 Å². The van der Waals surface area contributed by atoms with Gasteiger partial charge in [-0.15, -0.1) is 0 Å². The summed E-state index contributed by atoms with van der Waals surface area (Å²) in [5, 5.41) is 4.18. The van der Waals surface area contributed by atoms with E-state index in [9.17, 15) is 4.79 Å². The molecular formula is C18H20N2O4. The molecule has 0 heterocycles. The van der Waals surface area contributed by atoms with Crippen LogP contribution in [0.3, 0.4) is 0 Å². The first kappa shape index (κ1) is 17.3. The second-order valence-corrected chi connectivity index (χ2v) is 4.83. The van der Waals surface area contributed by atoms with Gasteiger partial charge in [0.15, 0.2) is 11.5 Å². The summed E-state index contributed by atoms with van der Waals surface area (Å²) in [6.45, 7) is 1.82. The maximum Gasteiger partial charge on any atom is 0.302 e. The molecule has 0 amide bonds. The number of methoxy groups -OCH3 is 1. The van der Waals surface area contributed by atoms with E-state index in [0.717, 1.165) is 11.3 Å². The van der Waals surface area contributed by atoms with Gasteiger partial charge < -0.3 is 14.2 Å². The van der Waals surface area contributed by atoms with Gasteiger partial charge in [-0.1, -0.05) is 18.2 Å². The van der Waals surface area contributed by atoms with Crippen LogP contribution >= 0.6 is 0 Å². The molecule has 2 aromatic carbocycles. The van der Waals surface area contributed by atoms with Crippen molar-refractivity contribution in [3.8, 4) is 11.5 Å². The Morgan fingerprint density at radius 1 is 1.12 bits per heavy atom. The van der Waals surface area contributed by atoms with E-state index in [-0.39, 0.29) is 19.2 Å². The Labute approximate surface area is 141 Å². The number of benzene rings is 2. The van der Waals surface area contributed by atoms with Crippen molar-refractivity contribution < 1.29 is 19.0 Å². The van der Waals surface area contributed by atoms with Crippen LogP contribution in [-0.4, -0.2) is 32.5 Å². The minimum atomic E-state index is -0.331. The summed E-state index contributed by atoms with van der Waals surface area (Å²) in [7, 11) is 1.57. The van der Waals surface area contributed by atoms with Gasteiger partial charge in [0.25, 0.3) is 0 Å². The van der Waals surface area contributed by atoms with Crippen molar-refractivity contribution in [2.24, 2.45) is 5.10 Å². The average Bonchev–Trinajstić information content (AvgIpc) is 2.60. The third-order valence-electron chi connectivity index (χ3n) is 3.01. The van der Waals surface area contributed by atoms with Crippen LogP contribution in [-0.2, 0) is 9.53 Å². The third kappa shape index (κ3) is 5.64. The predicted molar refractivity (Wildman–Crippen MR) is 92.8 cm³/mol. The van der Waals surface area contributed by atoms with Crippen LogP contribution in [0.5, 0.6) is 11.5 Å². The van der Waals surface area contributed by atoms with Crippen molar-refractivity contribution in [2.45, 2.75) is 6.92 Å². The summed E-state index contributed by atoms with van der Waals surface area (Å²) >= 11 is 0. The number of hydrazone groups is 1. The largest absolute Gasteiger partial charge is 0.493 e. The monoisotopic (exact) mass is 328 g/mol. The summed E-state index contributed by atoms with van der Waals surface area (Å²) in [4.78, 5) is 10.7. The molecule has 0 aliphatic rings. The lowest BCUT2D eigenvalue weighted by molar-refractivity contribution is -0.141. The Morgan fingerprint density at radius 2 is 1.92 bits per heavy atom. The summed E-state index contributed by atoms with van der Waals surface area (Å²) in [6, 6.07) is 15.1. The fraction of sp³-hybridized carbons (Fsp3) is 0.222. The van der Waals surface area contributed by atoms with E-state index in [1.165, 1.54) is 6.92 Å². The highest BCUT2D eigenvalue weighted by Crippen LogP contribution is 2.27. The second kappa shape index (κ2) is 9.19. The number of anilines is 1. The van der Waals surface area contributed by atoms with Gasteiger partial charge in [-0.3, -0.25) is 10.2 Å². The lowest BCUT2D eigenvalue weighted by Gasteiger charge is -2.11. The molecule has 24 heavy (non-hydrogen) atoms. The van der Waals surface area contributed by atoms with E-state index in [0.29, 0.717) is 11.5 Å². The Bertz CT molecular complexity index is 687. The number of esters is 1. The number of hydrogen-bond acceptors (Lipinski definition) is 6. The molecule has 126 valence electrons. The molecule has 2 rings (SSSR count). The van der Waals surface area contributed by atoms with Crippen molar-refractivity contribution in [3.05, 3.63) is 54.1 Å². The van der Waals surface area contributed by atoms with Crippen molar-refractivity contribution in [3.63, 3.8) is 0 Å². The van der Waals surface area contributed by atoms with E-state index in [1.54, 1.807) is 19.4 Å². The van der Waals surface area contributed by atoms with Gasteiger partial charge in [0.05, 0.1) is 19.0 Å². The molecule has 0 aliphatic heterocycles. The molecule has 6 heteroatoms. The minimum Gasteiger partial charge on any atom is -0.493 e. The molecule has 0 radical (unpaired) electrons. The lowest BCUT2D eigenvalue weighted by atomic mass is 10.2. The maximum absolute atomic E-state index is 10.7. The van der Waals surface area contributed by atoms with E-state index < -0.39 is 0 Å². The van der Waals surface area contributed by atoms with Crippen molar-refractivity contribution >= 4 is 17.9 Å². The van der Waals surface area contributed by atoms with Crippen molar-refractivity contribution in [1.82, 2.24) is 0 Å². The molecular weight excluding hydrogens is 308 g/mol. The van der Waals surface area contributed by atoms with Crippen molar-refractivity contribution in [1.29, 1.82) is 0 Å². The zero-order valence-electron chi connectivity index (χ0n) is 13.7. The summed E-state index contributed by atoms with van der Waals surface area (Å²) in [5.74, 6) is 0.836. The Morgan fingerprint density at radius 3 is 2.62 bits per heavy atom. The number of ether oxygens (including phenoxy) is 3. The lowest BCUT2D eigenvalue weighted by Crippen LogP contribution is -2.10. The molecule has 0 aromatic heterocycles. The van der Waals surface area contributed by atoms with Crippen LogP contribution in [0, 0.1) is 0 Å². The molecule has 0 saturated heterocycles. The van der Waals surface area contributed by atoms with Crippen LogP contribution in [0.15, 0.2) is 53.6 Å². The van der Waals surface area contributed by atoms with Crippen molar-refractivity contribution in [2.75, 3.05) is 25.7 Å². The zero-order chi connectivity index (χ0) is 17.2. The number of carbonyl (C=O) groups is 1. The predicted octanol–water partition coefficient (Wildman–Crippen LogP) is 3.08.